The van der Waals surface area contributed by atoms with Crippen LogP contribution in [0.4, 0.5) is 0 Å². The molecular formula is C19H28N2O3. The number of nitrogens with one attached hydrogen (secondary N) is 2. The first-order valence-electron chi connectivity index (χ1n) is 8.86. The van der Waals surface area contributed by atoms with E-state index in [0.29, 0.717) is 17.9 Å². The third-order valence-electron chi connectivity index (χ3n) is 4.80. The second kappa shape index (κ2) is 9.42. The van der Waals surface area contributed by atoms with Gasteiger partial charge in [0.1, 0.15) is 0 Å². The summed E-state index contributed by atoms with van der Waals surface area (Å²) in [6.07, 6.45) is 6.39. The van der Waals surface area contributed by atoms with Crippen LogP contribution in [0, 0.1) is 12.8 Å². The molecule has 0 radical (unpaired) electrons. The van der Waals surface area contributed by atoms with E-state index < -0.39 is 0 Å². The van der Waals surface area contributed by atoms with Gasteiger partial charge in [-0.25, -0.2) is 0 Å². The molecule has 132 valence electrons. The second-order valence-electron chi connectivity index (χ2n) is 6.58. The summed E-state index contributed by atoms with van der Waals surface area (Å²) in [6.45, 7) is 1.90. The number of hydrogen-bond acceptors (Lipinski definition) is 3. The molecule has 1 unspecified atom stereocenters. The highest BCUT2D eigenvalue weighted by Crippen LogP contribution is 2.27. The van der Waals surface area contributed by atoms with E-state index in [0.717, 1.165) is 18.4 Å². The van der Waals surface area contributed by atoms with Crippen molar-refractivity contribution in [3.05, 3.63) is 35.4 Å². The Morgan fingerprint density at radius 2 is 1.92 bits per heavy atom. The first-order valence-corrected chi connectivity index (χ1v) is 8.86. The number of aliphatic hydroxyl groups is 1. The van der Waals surface area contributed by atoms with Crippen molar-refractivity contribution in [1.82, 2.24) is 10.6 Å². The first kappa shape index (κ1) is 18.5. The number of aryl methyl sites for hydroxylation is 1. The molecule has 5 nitrogen and oxygen atoms in total. The predicted octanol–water partition coefficient (Wildman–Crippen LogP) is 2.17. The van der Waals surface area contributed by atoms with E-state index in [4.69, 9.17) is 0 Å². The molecule has 0 bridgehead atoms. The molecule has 1 aliphatic carbocycles. The summed E-state index contributed by atoms with van der Waals surface area (Å²) in [5.41, 5.74) is 1.47. The topological polar surface area (TPSA) is 78.4 Å². The van der Waals surface area contributed by atoms with Gasteiger partial charge in [-0.05, 0) is 43.7 Å². The number of rotatable bonds is 7. The van der Waals surface area contributed by atoms with Gasteiger partial charge in [0.2, 0.25) is 5.91 Å². The van der Waals surface area contributed by atoms with Crippen LogP contribution in [0.2, 0.25) is 0 Å². The Morgan fingerprint density at radius 1 is 1.21 bits per heavy atom. The van der Waals surface area contributed by atoms with E-state index in [1.54, 1.807) is 6.07 Å². The molecule has 1 aromatic rings. The molecule has 0 saturated heterocycles. The lowest BCUT2D eigenvalue weighted by Crippen LogP contribution is -2.46. The monoisotopic (exact) mass is 332 g/mol. The third-order valence-corrected chi connectivity index (χ3v) is 4.80. The molecule has 1 atom stereocenters. The molecule has 1 saturated carbocycles. The van der Waals surface area contributed by atoms with E-state index in [1.165, 1.54) is 19.3 Å². The summed E-state index contributed by atoms with van der Waals surface area (Å²) < 4.78 is 0. The van der Waals surface area contributed by atoms with E-state index >= 15 is 0 Å². The van der Waals surface area contributed by atoms with Gasteiger partial charge in [-0.15, -0.1) is 0 Å². The van der Waals surface area contributed by atoms with Crippen LogP contribution in [0.1, 0.15) is 54.4 Å². The zero-order valence-electron chi connectivity index (χ0n) is 14.4. The zero-order chi connectivity index (χ0) is 17.4. The molecule has 3 N–H and O–H groups in total. The maximum absolute atomic E-state index is 12.2. The Labute approximate surface area is 143 Å². The number of amides is 2. The molecule has 1 aromatic carbocycles. The van der Waals surface area contributed by atoms with Crippen LogP contribution in [0.3, 0.4) is 0 Å². The third kappa shape index (κ3) is 5.34. The van der Waals surface area contributed by atoms with Gasteiger partial charge in [0.15, 0.2) is 0 Å². The number of hydrogen-bond donors (Lipinski definition) is 3. The Morgan fingerprint density at radius 3 is 2.58 bits per heavy atom. The van der Waals surface area contributed by atoms with Gasteiger partial charge in [0, 0.05) is 18.2 Å². The molecule has 24 heavy (non-hydrogen) atoms. The number of carbonyl (C=O) groups excluding carboxylic acids is 2. The molecule has 0 heterocycles. The van der Waals surface area contributed by atoms with Gasteiger partial charge in [-0.3, -0.25) is 9.59 Å². The summed E-state index contributed by atoms with van der Waals surface area (Å²) in [5.74, 6) is 0.00232. The van der Waals surface area contributed by atoms with Crippen LogP contribution in [0.15, 0.2) is 24.3 Å². The standard InChI is InChI=1S/C19H28N2O3/c1-14-7-5-6-10-16(14)19(24)20-13-18(23)21-17(11-12-22)15-8-3-2-4-9-15/h5-7,10,15,17,22H,2-4,8-9,11-13H2,1H3,(H,20,24)(H,21,23). The molecular weight excluding hydrogens is 304 g/mol. The van der Waals surface area contributed by atoms with Crippen molar-refractivity contribution in [1.29, 1.82) is 0 Å². The second-order valence-corrected chi connectivity index (χ2v) is 6.58. The Balaban J connectivity index is 1.84. The lowest BCUT2D eigenvalue weighted by molar-refractivity contribution is -0.121. The van der Waals surface area contributed by atoms with Gasteiger partial charge < -0.3 is 15.7 Å². The molecule has 0 spiro atoms. The highest BCUT2D eigenvalue weighted by atomic mass is 16.3. The highest BCUT2D eigenvalue weighted by molar-refractivity contribution is 5.97. The van der Waals surface area contributed by atoms with E-state index in [-0.39, 0.29) is 31.0 Å². The van der Waals surface area contributed by atoms with Gasteiger partial charge in [0.25, 0.3) is 5.91 Å². The molecule has 0 aromatic heterocycles. The van der Waals surface area contributed by atoms with Crippen LogP contribution >= 0.6 is 0 Å². The van der Waals surface area contributed by atoms with Crippen molar-refractivity contribution in [3.8, 4) is 0 Å². The summed E-state index contributed by atoms with van der Waals surface area (Å²) in [7, 11) is 0. The molecule has 2 rings (SSSR count). The van der Waals surface area contributed by atoms with Crippen molar-refractivity contribution in [2.24, 2.45) is 5.92 Å². The Hall–Kier alpha value is -1.88. The average Bonchev–Trinajstić information content (AvgIpc) is 2.60. The van der Waals surface area contributed by atoms with Crippen LogP contribution < -0.4 is 10.6 Å². The van der Waals surface area contributed by atoms with Gasteiger partial charge >= 0.3 is 0 Å². The SMILES string of the molecule is Cc1ccccc1C(=O)NCC(=O)NC(CCO)C1CCCCC1. The quantitative estimate of drug-likeness (QED) is 0.716. The average molecular weight is 332 g/mol. The summed E-state index contributed by atoms with van der Waals surface area (Å²) in [4.78, 5) is 24.3. The van der Waals surface area contributed by atoms with Crippen molar-refractivity contribution < 1.29 is 14.7 Å². The van der Waals surface area contributed by atoms with Gasteiger partial charge in [-0.2, -0.15) is 0 Å². The number of benzene rings is 1. The summed E-state index contributed by atoms with van der Waals surface area (Å²) in [6, 6.07) is 7.30. The van der Waals surface area contributed by atoms with Crippen molar-refractivity contribution in [2.45, 2.75) is 51.5 Å². The first-order chi connectivity index (χ1) is 11.6. The predicted molar refractivity (Wildman–Crippen MR) is 93.7 cm³/mol. The minimum absolute atomic E-state index is 0.00170. The molecule has 1 aliphatic rings. The van der Waals surface area contributed by atoms with Crippen LogP contribution in [-0.2, 0) is 4.79 Å². The number of carbonyl (C=O) groups is 2. The Kier molecular flexibility index (Phi) is 7.25. The maximum atomic E-state index is 12.2. The maximum Gasteiger partial charge on any atom is 0.251 e. The zero-order valence-corrected chi connectivity index (χ0v) is 14.4. The fraction of sp³-hybridized carbons (Fsp3) is 0.579. The van der Waals surface area contributed by atoms with E-state index in [1.807, 2.05) is 25.1 Å². The molecule has 1 fully saturated rings. The highest BCUT2D eigenvalue weighted by Gasteiger charge is 2.24. The van der Waals surface area contributed by atoms with Crippen molar-refractivity contribution >= 4 is 11.8 Å². The smallest absolute Gasteiger partial charge is 0.251 e. The van der Waals surface area contributed by atoms with Gasteiger partial charge in [0.05, 0.1) is 6.54 Å². The number of aliphatic hydroxyl groups excluding tert-OH is 1. The minimum atomic E-state index is -0.236. The van der Waals surface area contributed by atoms with Crippen molar-refractivity contribution in [3.63, 3.8) is 0 Å². The van der Waals surface area contributed by atoms with E-state index in [9.17, 15) is 14.7 Å². The fourth-order valence-corrected chi connectivity index (χ4v) is 3.44. The summed E-state index contributed by atoms with van der Waals surface area (Å²) >= 11 is 0. The van der Waals surface area contributed by atoms with Crippen LogP contribution in [0.5, 0.6) is 0 Å². The largest absolute Gasteiger partial charge is 0.396 e. The van der Waals surface area contributed by atoms with Crippen LogP contribution in [0.25, 0.3) is 0 Å². The lowest BCUT2D eigenvalue weighted by atomic mass is 9.82. The molecule has 5 heteroatoms. The molecule has 0 aliphatic heterocycles. The minimum Gasteiger partial charge on any atom is -0.396 e. The Bertz CT molecular complexity index is 553. The summed E-state index contributed by atoms with van der Waals surface area (Å²) in [5, 5.41) is 14.9. The lowest BCUT2D eigenvalue weighted by Gasteiger charge is -2.30. The molecule has 2 amide bonds. The van der Waals surface area contributed by atoms with Crippen molar-refractivity contribution in [2.75, 3.05) is 13.2 Å². The fourth-order valence-electron chi connectivity index (χ4n) is 3.44. The van der Waals surface area contributed by atoms with E-state index in [2.05, 4.69) is 10.6 Å². The van der Waals surface area contributed by atoms with Crippen LogP contribution in [-0.4, -0.2) is 36.1 Å². The van der Waals surface area contributed by atoms with Gasteiger partial charge in [-0.1, -0.05) is 37.5 Å². The normalized spacial score (nSPS) is 16.4.